The highest BCUT2D eigenvalue weighted by Crippen LogP contribution is 2.47. The van der Waals surface area contributed by atoms with Crippen LogP contribution in [0.4, 0.5) is 0 Å². The molecule has 0 bridgehead atoms. The zero-order valence-corrected chi connectivity index (χ0v) is 20.2. The fourth-order valence-electron chi connectivity index (χ4n) is 4.84. The first-order chi connectivity index (χ1) is 16.5. The summed E-state index contributed by atoms with van der Waals surface area (Å²) in [5.74, 6) is -0.226. The molecule has 3 rings (SSSR count). The smallest absolute Gasteiger partial charge is 0.247 e. The average molecular weight is 475 g/mol. The Bertz CT molecular complexity index is 857. The van der Waals surface area contributed by atoms with Gasteiger partial charge in [0.2, 0.25) is 11.8 Å². The van der Waals surface area contributed by atoms with Gasteiger partial charge < -0.3 is 29.9 Å². The topological polar surface area (TPSA) is 108 Å². The number of nitrogens with one attached hydrogen (secondary N) is 1. The first kappa shape index (κ1) is 26.2. The van der Waals surface area contributed by atoms with Crippen LogP contribution in [0.15, 0.2) is 35.9 Å². The Balaban J connectivity index is 1.88. The first-order valence-corrected chi connectivity index (χ1v) is 12.4. The number of benzene rings is 1. The summed E-state index contributed by atoms with van der Waals surface area (Å²) in [5.41, 5.74) is 1.28. The number of aliphatic hydroxyl groups excluding tert-OH is 2. The van der Waals surface area contributed by atoms with Crippen molar-refractivity contribution in [3.63, 3.8) is 0 Å². The molecule has 3 N–H and O–H groups in total. The lowest BCUT2D eigenvalue weighted by Crippen LogP contribution is -2.56. The molecule has 8 nitrogen and oxygen atoms in total. The third-order valence-electron chi connectivity index (χ3n) is 6.59. The number of ether oxygens (including phenoxy) is 2. The molecule has 2 amide bonds. The van der Waals surface area contributed by atoms with Crippen LogP contribution >= 0.6 is 0 Å². The molecule has 34 heavy (non-hydrogen) atoms. The summed E-state index contributed by atoms with van der Waals surface area (Å²) in [4.78, 5) is 27.9. The van der Waals surface area contributed by atoms with E-state index in [0.717, 1.165) is 37.7 Å². The summed E-state index contributed by atoms with van der Waals surface area (Å²) in [5, 5.41) is 23.3. The molecule has 0 spiro atoms. The third kappa shape index (κ3) is 5.98. The molecule has 0 fully saturated rings. The Labute approximate surface area is 201 Å². The van der Waals surface area contributed by atoms with Gasteiger partial charge in [-0.1, -0.05) is 50.8 Å². The van der Waals surface area contributed by atoms with Crippen molar-refractivity contribution in [2.24, 2.45) is 0 Å². The number of carbonyl (C=O) groups is 2. The van der Waals surface area contributed by atoms with Gasteiger partial charge >= 0.3 is 0 Å². The number of para-hydroxylation sites is 1. The molecule has 0 aromatic heterocycles. The molecule has 0 saturated carbocycles. The number of carbonyl (C=O) groups excluding carboxylic acids is 2. The molecule has 2 aliphatic rings. The Hall–Kier alpha value is -2.42. The maximum Gasteiger partial charge on any atom is 0.247 e. The van der Waals surface area contributed by atoms with Crippen molar-refractivity contribution in [1.82, 2.24) is 10.2 Å². The second-order valence-corrected chi connectivity index (χ2v) is 8.92. The second-order valence-electron chi connectivity index (χ2n) is 8.92. The molecular weight excluding hydrogens is 436 g/mol. The number of fused-ring (bicyclic) bond motifs is 3. The third-order valence-corrected chi connectivity index (χ3v) is 6.59. The van der Waals surface area contributed by atoms with Gasteiger partial charge in [-0.15, -0.1) is 0 Å². The standard InChI is InChI=1S/C26H38N2O6/c1-3-4-5-6-7-12-22(30)28(14-16-33-2)20-17-19(26(32)27-13-15-29)23-18-10-8-9-11-21(18)34-25(23)24(20)31/h8-11,17,20,23-25,29,31H,3-7,12-16H2,1-2H3,(H,27,32). The molecule has 8 heteroatoms. The highest BCUT2D eigenvalue weighted by molar-refractivity contribution is 5.96. The number of aliphatic hydroxyl groups is 2. The molecule has 1 aliphatic heterocycles. The van der Waals surface area contributed by atoms with E-state index in [1.807, 2.05) is 24.3 Å². The van der Waals surface area contributed by atoms with Crippen LogP contribution in [0, 0.1) is 0 Å². The van der Waals surface area contributed by atoms with Crippen molar-refractivity contribution in [1.29, 1.82) is 0 Å². The first-order valence-electron chi connectivity index (χ1n) is 12.4. The SMILES string of the molecule is CCCCCCCC(=O)N(CCOC)C1C=C(C(=O)NCCO)C2c3ccccc3OC2C1O. The molecule has 1 heterocycles. The summed E-state index contributed by atoms with van der Waals surface area (Å²) < 4.78 is 11.3. The largest absolute Gasteiger partial charge is 0.486 e. The van der Waals surface area contributed by atoms with Crippen LogP contribution in [0.3, 0.4) is 0 Å². The van der Waals surface area contributed by atoms with Crippen molar-refractivity contribution in [3.05, 3.63) is 41.5 Å². The van der Waals surface area contributed by atoms with Crippen LogP contribution in [-0.2, 0) is 14.3 Å². The van der Waals surface area contributed by atoms with Gasteiger partial charge in [0.15, 0.2) is 0 Å². The van der Waals surface area contributed by atoms with Gasteiger partial charge in [-0.25, -0.2) is 0 Å². The number of nitrogens with zero attached hydrogens (tertiary/aromatic N) is 1. The maximum atomic E-state index is 13.2. The monoisotopic (exact) mass is 474 g/mol. The van der Waals surface area contributed by atoms with Crippen molar-refractivity contribution in [2.75, 3.05) is 33.4 Å². The molecule has 0 saturated heterocycles. The number of rotatable bonds is 13. The van der Waals surface area contributed by atoms with Crippen molar-refractivity contribution in [3.8, 4) is 5.75 Å². The summed E-state index contributed by atoms with van der Waals surface area (Å²) >= 11 is 0. The van der Waals surface area contributed by atoms with Crippen molar-refractivity contribution >= 4 is 11.8 Å². The van der Waals surface area contributed by atoms with Gasteiger partial charge in [0, 0.05) is 37.8 Å². The van der Waals surface area contributed by atoms with E-state index < -0.39 is 24.2 Å². The minimum Gasteiger partial charge on any atom is -0.486 e. The summed E-state index contributed by atoms with van der Waals surface area (Å²) in [6.07, 6.45) is 5.54. The summed E-state index contributed by atoms with van der Waals surface area (Å²) in [6, 6.07) is 6.72. The number of amides is 2. The van der Waals surface area contributed by atoms with E-state index >= 15 is 0 Å². The van der Waals surface area contributed by atoms with Gasteiger partial charge in [0.05, 0.1) is 25.2 Å². The zero-order valence-electron chi connectivity index (χ0n) is 20.2. The summed E-state index contributed by atoms with van der Waals surface area (Å²) in [7, 11) is 1.57. The molecule has 1 aliphatic carbocycles. The fourth-order valence-corrected chi connectivity index (χ4v) is 4.84. The minimum absolute atomic E-state index is 0.0714. The predicted octanol–water partition coefficient (Wildman–Crippen LogP) is 2.14. The van der Waals surface area contributed by atoms with E-state index in [1.54, 1.807) is 18.1 Å². The quantitative estimate of drug-likeness (QED) is 0.378. The molecule has 0 radical (unpaired) electrons. The lowest BCUT2D eigenvalue weighted by Gasteiger charge is -2.40. The van der Waals surface area contributed by atoms with Crippen molar-refractivity contribution in [2.45, 2.75) is 69.6 Å². The van der Waals surface area contributed by atoms with E-state index in [2.05, 4.69) is 12.2 Å². The van der Waals surface area contributed by atoms with Gasteiger partial charge in [-0.05, 0) is 18.6 Å². The summed E-state index contributed by atoms with van der Waals surface area (Å²) in [6.45, 7) is 2.72. The van der Waals surface area contributed by atoms with Crippen LogP contribution in [0.5, 0.6) is 5.75 Å². The lowest BCUT2D eigenvalue weighted by atomic mass is 9.77. The molecule has 1 aromatic rings. The molecular formula is C26H38N2O6. The van der Waals surface area contributed by atoms with Crippen LogP contribution in [0.1, 0.15) is 56.9 Å². The number of hydrogen-bond donors (Lipinski definition) is 3. The van der Waals surface area contributed by atoms with Crippen molar-refractivity contribution < 1.29 is 29.3 Å². The van der Waals surface area contributed by atoms with Crippen LogP contribution in [-0.4, -0.2) is 78.6 Å². The Morgan fingerprint density at radius 2 is 1.94 bits per heavy atom. The molecule has 4 unspecified atom stereocenters. The lowest BCUT2D eigenvalue weighted by molar-refractivity contribution is -0.138. The Morgan fingerprint density at radius 3 is 2.68 bits per heavy atom. The maximum absolute atomic E-state index is 13.2. The average Bonchev–Trinajstić information content (AvgIpc) is 3.24. The van der Waals surface area contributed by atoms with E-state index in [1.165, 1.54) is 0 Å². The number of unbranched alkanes of at least 4 members (excludes halogenated alkanes) is 4. The number of hydrogen-bond acceptors (Lipinski definition) is 6. The molecule has 1 aromatic carbocycles. The van der Waals surface area contributed by atoms with E-state index in [-0.39, 0.29) is 25.0 Å². The van der Waals surface area contributed by atoms with E-state index in [4.69, 9.17) is 9.47 Å². The van der Waals surface area contributed by atoms with E-state index in [9.17, 15) is 19.8 Å². The molecule has 188 valence electrons. The van der Waals surface area contributed by atoms with Crippen LogP contribution in [0.2, 0.25) is 0 Å². The number of methoxy groups -OCH3 is 1. The second kappa shape index (κ2) is 12.9. The van der Waals surface area contributed by atoms with E-state index in [0.29, 0.717) is 30.9 Å². The predicted molar refractivity (Wildman–Crippen MR) is 129 cm³/mol. The normalized spacial score (nSPS) is 22.9. The highest BCUT2D eigenvalue weighted by atomic mass is 16.5. The zero-order chi connectivity index (χ0) is 24.5. The van der Waals surface area contributed by atoms with Gasteiger partial charge in [0.25, 0.3) is 0 Å². The Morgan fingerprint density at radius 1 is 1.18 bits per heavy atom. The Kier molecular flexibility index (Phi) is 9.92. The van der Waals surface area contributed by atoms with Gasteiger partial charge in [-0.3, -0.25) is 9.59 Å². The fraction of sp³-hybridized carbons (Fsp3) is 0.615. The van der Waals surface area contributed by atoms with Crippen LogP contribution < -0.4 is 10.1 Å². The van der Waals surface area contributed by atoms with Crippen LogP contribution in [0.25, 0.3) is 0 Å². The highest BCUT2D eigenvalue weighted by Gasteiger charge is 2.50. The molecule has 4 atom stereocenters. The minimum atomic E-state index is -1.01. The van der Waals surface area contributed by atoms with Gasteiger partial charge in [0.1, 0.15) is 18.0 Å². The van der Waals surface area contributed by atoms with Gasteiger partial charge in [-0.2, -0.15) is 0 Å².